The molecule has 2 rings (SSSR count). The standard InChI is InChI=1S/C20H23Cl2NO4S/c1-4-28(25,26)27-17-7-5-6-15(10-17)13-23(12-14(2)3)20(24)16-8-9-18(21)19(22)11-16/h5-11,14H,4,12-13H2,1-3H3. The largest absolute Gasteiger partial charge is 0.382 e. The minimum atomic E-state index is -3.61. The van der Waals surface area contributed by atoms with Crippen molar-refractivity contribution in [2.75, 3.05) is 12.3 Å². The van der Waals surface area contributed by atoms with E-state index >= 15 is 0 Å². The molecule has 0 aliphatic rings. The molecule has 0 saturated carbocycles. The molecule has 0 spiro atoms. The van der Waals surface area contributed by atoms with Crippen molar-refractivity contribution in [1.82, 2.24) is 4.90 Å². The number of amides is 1. The predicted molar refractivity (Wildman–Crippen MR) is 113 cm³/mol. The van der Waals surface area contributed by atoms with Crippen molar-refractivity contribution >= 4 is 39.2 Å². The highest BCUT2D eigenvalue weighted by Crippen LogP contribution is 2.24. The maximum Gasteiger partial charge on any atom is 0.308 e. The third-order valence-electron chi connectivity index (χ3n) is 3.89. The number of hydrogen-bond donors (Lipinski definition) is 0. The van der Waals surface area contributed by atoms with Crippen LogP contribution in [0.15, 0.2) is 42.5 Å². The van der Waals surface area contributed by atoms with Crippen molar-refractivity contribution in [3.8, 4) is 5.75 Å². The van der Waals surface area contributed by atoms with Crippen LogP contribution >= 0.6 is 23.2 Å². The number of carbonyl (C=O) groups is 1. The van der Waals surface area contributed by atoms with Gasteiger partial charge >= 0.3 is 10.1 Å². The highest BCUT2D eigenvalue weighted by molar-refractivity contribution is 7.87. The lowest BCUT2D eigenvalue weighted by molar-refractivity contribution is 0.0722. The summed E-state index contributed by atoms with van der Waals surface area (Å²) in [4.78, 5) is 14.7. The highest BCUT2D eigenvalue weighted by Gasteiger charge is 2.19. The van der Waals surface area contributed by atoms with Crippen LogP contribution in [0.4, 0.5) is 0 Å². The summed E-state index contributed by atoms with van der Waals surface area (Å²) in [6.07, 6.45) is 0. The molecule has 0 saturated heterocycles. The van der Waals surface area contributed by atoms with E-state index in [0.29, 0.717) is 28.7 Å². The number of nitrogens with zero attached hydrogens (tertiary/aromatic N) is 1. The first-order valence-electron chi connectivity index (χ1n) is 8.86. The van der Waals surface area contributed by atoms with Gasteiger partial charge in [-0.15, -0.1) is 0 Å². The van der Waals surface area contributed by atoms with Crippen LogP contribution in [-0.4, -0.2) is 31.5 Å². The van der Waals surface area contributed by atoms with Gasteiger partial charge in [0.15, 0.2) is 0 Å². The minimum absolute atomic E-state index is 0.119. The first-order chi connectivity index (χ1) is 13.1. The fourth-order valence-corrected chi connectivity index (χ4v) is 3.41. The minimum Gasteiger partial charge on any atom is -0.382 e. The molecule has 8 heteroatoms. The Morgan fingerprint density at radius 1 is 1.11 bits per heavy atom. The van der Waals surface area contributed by atoms with E-state index in [1.54, 1.807) is 41.3 Å². The lowest BCUT2D eigenvalue weighted by Crippen LogP contribution is -2.33. The molecule has 1 amide bonds. The number of benzene rings is 2. The van der Waals surface area contributed by atoms with Gasteiger partial charge in [0.1, 0.15) is 5.75 Å². The van der Waals surface area contributed by atoms with Crippen LogP contribution in [0.3, 0.4) is 0 Å². The van der Waals surface area contributed by atoms with Crippen LogP contribution in [0.5, 0.6) is 5.75 Å². The molecule has 5 nitrogen and oxygen atoms in total. The molecule has 0 bridgehead atoms. The fourth-order valence-electron chi connectivity index (χ4n) is 2.59. The second-order valence-electron chi connectivity index (χ2n) is 6.79. The normalized spacial score (nSPS) is 11.5. The smallest absolute Gasteiger partial charge is 0.308 e. The van der Waals surface area contributed by atoms with Crippen molar-refractivity contribution in [2.45, 2.75) is 27.3 Å². The third kappa shape index (κ3) is 6.40. The van der Waals surface area contributed by atoms with Gasteiger partial charge in [-0.3, -0.25) is 4.79 Å². The highest BCUT2D eigenvalue weighted by atomic mass is 35.5. The number of carbonyl (C=O) groups excluding carboxylic acids is 1. The molecule has 0 heterocycles. The Hall–Kier alpha value is -1.76. The fraction of sp³-hybridized carbons (Fsp3) is 0.350. The molecule has 0 aliphatic heterocycles. The van der Waals surface area contributed by atoms with Gasteiger partial charge in [-0.2, -0.15) is 8.42 Å². The zero-order valence-corrected chi connectivity index (χ0v) is 18.3. The zero-order valence-electron chi connectivity index (χ0n) is 16.0. The Labute approximate surface area is 176 Å². The topological polar surface area (TPSA) is 63.7 Å². The molecule has 0 aromatic heterocycles. The molecular weight excluding hydrogens is 421 g/mol. The Morgan fingerprint density at radius 2 is 1.82 bits per heavy atom. The van der Waals surface area contributed by atoms with E-state index in [-0.39, 0.29) is 23.3 Å². The van der Waals surface area contributed by atoms with Crippen molar-refractivity contribution in [2.24, 2.45) is 5.92 Å². The average molecular weight is 444 g/mol. The number of halogens is 2. The second-order valence-corrected chi connectivity index (χ2v) is 9.46. The van der Waals surface area contributed by atoms with Crippen molar-refractivity contribution < 1.29 is 17.4 Å². The van der Waals surface area contributed by atoms with Crippen LogP contribution < -0.4 is 4.18 Å². The summed E-state index contributed by atoms with van der Waals surface area (Å²) in [7, 11) is -3.61. The first-order valence-corrected chi connectivity index (χ1v) is 11.2. The van der Waals surface area contributed by atoms with Crippen LogP contribution in [0.25, 0.3) is 0 Å². The summed E-state index contributed by atoms with van der Waals surface area (Å²) in [6, 6.07) is 11.5. The molecule has 0 fully saturated rings. The Bertz CT molecular complexity index is 945. The summed E-state index contributed by atoms with van der Waals surface area (Å²) in [5.74, 6) is 0.171. The molecule has 0 radical (unpaired) electrons. The van der Waals surface area contributed by atoms with Crippen molar-refractivity contribution in [3.05, 3.63) is 63.6 Å². The van der Waals surface area contributed by atoms with E-state index in [1.165, 1.54) is 6.92 Å². The quantitative estimate of drug-likeness (QED) is 0.537. The van der Waals surface area contributed by atoms with E-state index in [2.05, 4.69) is 0 Å². The van der Waals surface area contributed by atoms with Crippen LogP contribution in [-0.2, 0) is 16.7 Å². The van der Waals surface area contributed by atoms with Gasteiger partial charge in [0.05, 0.1) is 15.8 Å². The zero-order chi connectivity index (χ0) is 20.9. The molecule has 0 unspecified atom stereocenters. The Kier molecular flexibility index (Phi) is 7.75. The van der Waals surface area contributed by atoms with E-state index in [0.717, 1.165) is 5.56 Å². The SMILES string of the molecule is CCS(=O)(=O)Oc1cccc(CN(CC(C)C)C(=O)c2ccc(Cl)c(Cl)c2)c1. The van der Waals surface area contributed by atoms with E-state index in [4.69, 9.17) is 27.4 Å². The molecule has 152 valence electrons. The molecule has 0 aliphatic carbocycles. The third-order valence-corrected chi connectivity index (χ3v) is 5.78. The van der Waals surface area contributed by atoms with Gasteiger partial charge in [-0.05, 0) is 48.7 Å². The lowest BCUT2D eigenvalue weighted by atomic mass is 10.1. The molecule has 0 N–H and O–H groups in total. The summed E-state index contributed by atoms with van der Waals surface area (Å²) < 4.78 is 28.4. The average Bonchev–Trinajstić information content (AvgIpc) is 2.62. The van der Waals surface area contributed by atoms with Crippen LogP contribution in [0.2, 0.25) is 10.0 Å². The van der Waals surface area contributed by atoms with Crippen molar-refractivity contribution in [3.63, 3.8) is 0 Å². The summed E-state index contributed by atoms with van der Waals surface area (Å²) in [6.45, 7) is 6.38. The maximum absolute atomic E-state index is 13.0. The predicted octanol–water partition coefficient (Wildman–Crippen LogP) is 5.02. The summed E-state index contributed by atoms with van der Waals surface area (Å²) in [5, 5.41) is 0.702. The van der Waals surface area contributed by atoms with E-state index in [1.807, 2.05) is 19.9 Å². The Balaban J connectivity index is 2.27. The van der Waals surface area contributed by atoms with Crippen LogP contribution in [0.1, 0.15) is 36.7 Å². The molecule has 0 atom stereocenters. The van der Waals surface area contributed by atoms with Gasteiger partial charge in [0, 0.05) is 18.7 Å². The second kappa shape index (κ2) is 9.63. The molecule has 2 aromatic carbocycles. The van der Waals surface area contributed by atoms with E-state index < -0.39 is 10.1 Å². The molecule has 2 aromatic rings. The number of rotatable bonds is 8. The van der Waals surface area contributed by atoms with E-state index in [9.17, 15) is 13.2 Å². The maximum atomic E-state index is 13.0. The lowest BCUT2D eigenvalue weighted by Gasteiger charge is -2.25. The molecule has 28 heavy (non-hydrogen) atoms. The van der Waals surface area contributed by atoms with Gasteiger partial charge in [-0.1, -0.05) is 49.2 Å². The van der Waals surface area contributed by atoms with Gasteiger partial charge in [0.2, 0.25) is 0 Å². The van der Waals surface area contributed by atoms with Crippen LogP contribution in [0, 0.1) is 5.92 Å². The van der Waals surface area contributed by atoms with Crippen molar-refractivity contribution in [1.29, 1.82) is 0 Å². The summed E-state index contributed by atoms with van der Waals surface area (Å²) >= 11 is 12.0. The Morgan fingerprint density at radius 3 is 2.43 bits per heavy atom. The summed E-state index contributed by atoms with van der Waals surface area (Å²) in [5.41, 5.74) is 1.20. The van der Waals surface area contributed by atoms with Gasteiger partial charge < -0.3 is 9.08 Å². The number of hydrogen-bond acceptors (Lipinski definition) is 4. The first kappa shape index (κ1) is 22.5. The monoisotopic (exact) mass is 443 g/mol. The van der Waals surface area contributed by atoms with Gasteiger partial charge in [0.25, 0.3) is 5.91 Å². The molecular formula is C20H23Cl2NO4S. The van der Waals surface area contributed by atoms with Gasteiger partial charge in [-0.25, -0.2) is 0 Å².